The van der Waals surface area contributed by atoms with E-state index >= 15 is 0 Å². The second-order valence-corrected chi connectivity index (χ2v) is 6.97. The minimum absolute atomic E-state index is 0.107. The Morgan fingerprint density at radius 3 is 2.75 bits per heavy atom. The summed E-state index contributed by atoms with van der Waals surface area (Å²) in [5.74, 6) is -0.274. The molecule has 3 rings (SSSR count). The minimum Gasteiger partial charge on any atom is -0.361 e. The van der Waals surface area contributed by atoms with Crippen molar-refractivity contribution in [3.63, 3.8) is 0 Å². The Morgan fingerprint density at radius 1 is 1.25 bits per heavy atom. The van der Waals surface area contributed by atoms with Gasteiger partial charge in [0.1, 0.15) is 5.83 Å². The number of fused-ring (bicyclic) bond motifs is 1. The molecular formula is C25H27FN2. The molecular weight excluding hydrogens is 347 g/mol. The normalized spacial score (nSPS) is 15.2. The molecule has 2 aromatic rings. The second kappa shape index (κ2) is 9.34. The zero-order valence-electron chi connectivity index (χ0n) is 16.3. The first-order valence-electron chi connectivity index (χ1n) is 9.62. The van der Waals surface area contributed by atoms with E-state index < -0.39 is 0 Å². The van der Waals surface area contributed by atoms with Crippen molar-refractivity contribution in [2.75, 3.05) is 6.54 Å². The lowest BCUT2D eigenvalue weighted by Crippen LogP contribution is -2.29. The van der Waals surface area contributed by atoms with Gasteiger partial charge in [-0.15, -0.1) is 0 Å². The number of benzene rings is 1. The van der Waals surface area contributed by atoms with Crippen molar-refractivity contribution in [2.45, 2.75) is 25.8 Å². The largest absolute Gasteiger partial charge is 0.361 e. The van der Waals surface area contributed by atoms with E-state index in [1.165, 1.54) is 11.3 Å². The molecule has 2 N–H and O–H groups in total. The average molecular weight is 375 g/mol. The number of hydrogen-bond donors (Lipinski definition) is 2. The number of H-pyrrole nitrogens is 1. The van der Waals surface area contributed by atoms with E-state index in [-0.39, 0.29) is 11.9 Å². The number of rotatable bonds is 8. The molecule has 1 atom stereocenters. The van der Waals surface area contributed by atoms with Crippen LogP contribution in [0.5, 0.6) is 0 Å². The lowest BCUT2D eigenvalue weighted by atomic mass is 9.94. The van der Waals surface area contributed by atoms with Crippen molar-refractivity contribution < 1.29 is 4.39 Å². The Bertz CT molecular complexity index is 1020. The highest BCUT2D eigenvalue weighted by atomic mass is 19.1. The van der Waals surface area contributed by atoms with E-state index in [9.17, 15) is 4.39 Å². The number of halogens is 1. The van der Waals surface area contributed by atoms with E-state index in [1.807, 2.05) is 31.3 Å². The van der Waals surface area contributed by atoms with Crippen LogP contribution in [0.4, 0.5) is 4.39 Å². The number of hydrogen-bond acceptors (Lipinski definition) is 1. The molecule has 144 valence electrons. The highest BCUT2D eigenvalue weighted by molar-refractivity contribution is 5.70. The quantitative estimate of drug-likeness (QED) is 0.644. The van der Waals surface area contributed by atoms with E-state index in [2.05, 4.69) is 47.7 Å². The number of aromatic amines is 1. The van der Waals surface area contributed by atoms with Gasteiger partial charge in [0.25, 0.3) is 0 Å². The van der Waals surface area contributed by atoms with Crippen molar-refractivity contribution in [2.24, 2.45) is 0 Å². The highest BCUT2D eigenvalue weighted by Crippen LogP contribution is 2.26. The molecule has 0 saturated heterocycles. The summed E-state index contributed by atoms with van der Waals surface area (Å²) >= 11 is 0. The summed E-state index contributed by atoms with van der Waals surface area (Å²) < 4.78 is 14.1. The number of nitrogens with one attached hydrogen (secondary N) is 2. The maximum atomic E-state index is 14.1. The zero-order valence-corrected chi connectivity index (χ0v) is 16.3. The molecule has 0 amide bonds. The monoisotopic (exact) mass is 374 g/mol. The number of aromatic nitrogens is 1. The lowest BCUT2D eigenvalue weighted by Gasteiger charge is -2.21. The molecule has 0 radical (unpaired) electrons. The van der Waals surface area contributed by atoms with Gasteiger partial charge in [-0.25, -0.2) is 4.39 Å². The lowest BCUT2D eigenvalue weighted by molar-refractivity contribution is 0.639. The molecule has 1 aromatic heterocycles. The Morgan fingerprint density at radius 2 is 2.00 bits per heavy atom. The molecule has 0 fully saturated rings. The average Bonchev–Trinajstić information content (AvgIpc) is 3.15. The smallest absolute Gasteiger partial charge is 0.120 e. The van der Waals surface area contributed by atoms with Crippen molar-refractivity contribution in [1.82, 2.24) is 10.3 Å². The van der Waals surface area contributed by atoms with Crippen LogP contribution in [0.2, 0.25) is 0 Å². The van der Waals surface area contributed by atoms with Crippen molar-refractivity contribution in [3.05, 3.63) is 101 Å². The van der Waals surface area contributed by atoms with Gasteiger partial charge < -0.3 is 10.3 Å². The molecule has 1 aliphatic carbocycles. The van der Waals surface area contributed by atoms with Crippen LogP contribution in [0.15, 0.2) is 79.3 Å². The van der Waals surface area contributed by atoms with Crippen LogP contribution >= 0.6 is 0 Å². The highest BCUT2D eigenvalue weighted by Gasteiger charge is 2.18. The van der Waals surface area contributed by atoms with Gasteiger partial charge in [0.2, 0.25) is 0 Å². The molecule has 2 nitrogen and oxygen atoms in total. The van der Waals surface area contributed by atoms with Crippen LogP contribution in [0.3, 0.4) is 0 Å². The van der Waals surface area contributed by atoms with Crippen LogP contribution in [-0.4, -0.2) is 11.5 Å². The van der Waals surface area contributed by atoms with Crippen LogP contribution in [0.25, 0.3) is 17.7 Å². The van der Waals surface area contributed by atoms with E-state index in [1.54, 1.807) is 12.2 Å². The van der Waals surface area contributed by atoms with Gasteiger partial charge in [0.05, 0.1) is 6.04 Å². The standard InChI is InChI=1S/C25H27FN2/c1-4-18(2)16-21(26)14-15-27-25(20-10-6-5-7-11-20)19(3)23-17-28-24-13-9-8-12-22(23)24/h4-7,10-14,16-17,25,27-28H,1,3,8-9,15H2,2H3/b18-16-,21-14+. The van der Waals surface area contributed by atoms with Gasteiger partial charge in [-0.05, 0) is 48.6 Å². The molecule has 0 saturated carbocycles. The van der Waals surface area contributed by atoms with Gasteiger partial charge in [0.15, 0.2) is 0 Å². The summed E-state index contributed by atoms with van der Waals surface area (Å²) in [7, 11) is 0. The summed E-state index contributed by atoms with van der Waals surface area (Å²) in [4.78, 5) is 3.35. The van der Waals surface area contributed by atoms with Gasteiger partial charge in [-0.2, -0.15) is 0 Å². The predicted molar refractivity (Wildman–Crippen MR) is 118 cm³/mol. The van der Waals surface area contributed by atoms with Crippen molar-refractivity contribution in [3.8, 4) is 0 Å². The number of allylic oxidation sites excluding steroid dienone is 4. The van der Waals surface area contributed by atoms with Crippen LogP contribution < -0.4 is 15.9 Å². The second-order valence-electron chi connectivity index (χ2n) is 6.97. The van der Waals surface area contributed by atoms with Crippen LogP contribution in [0.1, 0.15) is 36.9 Å². The van der Waals surface area contributed by atoms with Crippen molar-refractivity contribution in [1.29, 1.82) is 0 Å². The predicted octanol–water partition coefficient (Wildman–Crippen LogP) is 4.70. The SMILES string of the molecule is C=C/C(C)=C\C(F)=C/CNC(C(=C)c1c[nH]c2c1=CCCC=2)c1ccccc1. The van der Waals surface area contributed by atoms with Crippen molar-refractivity contribution >= 4 is 17.7 Å². The Balaban J connectivity index is 1.87. The molecule has 1 unspecified atom stereocenters. The fraction of sp³-hybridized carbons (Fsp3) is 0.200. The molecule has 3 heteroatoms. The van der Waals surface area contributed by atoms with Gasteiger partial charge in [-0.3, -0.25) is 0 Å². The zero-order chi connectivity index (χ0) is 19.9. The summed E-state index contributed by atoms with van der Waals surface area (Å²) in [6, 6.07) is 10.0. The third-order valence-electron chi connectivity index (χ3n) is 4.95. The van der Waals surface area contributed by atoms with E-state index in [4.69, 9.17) is 0 Å². The molecule has 28 heavy (non-hydrogen) atoms. The summed E-state index contributed by atoms with van der Waals surface area (Å²) in [5, 5.41) is 5.81. The van der Waals surface area contributed by atoms with Crippen LogP contribution in [-0.2, 0) is 0 Å². The van der Waals surface area contributed by atoms with Gasteiger partial charge in [-0.1, -0.05) is 61.7 Å². The van der Waals surface area contributed by atoms with Gasteiger partial charge >= 0.3 is 0 Å². The molecule has 1 aliphatic rings. The molecule has 1 heterocycles. The Kier molecular flexibility index (Phi) is 6.62. The molecule has 0 spiro atoms. The first-order chi connectivity index (χ1) is 13.6. The Labute approximate surface area is 166 Å². The van der Waals surface area contributed by atoms with E-state index in [0.29, 0.717) is 6.54 Å². The molecule has 1 aromatic carbocycles. The summed E-state index contributed by atoms with van der Waals surface area (Å²) in [6.07, 6.45) is 13.3. The Hall–Kier alpha value is -2.91. The maximum absolute atomic E-state index is 14.1. The first-order valence-corrected chi connectivity index (χ1v) is 9.62. The first kappa shape index (κ1) is 19.8. The third-order valence-corrected chi connectivity index (χ3v) is 4.95. The summed E-state index contributed by atoms with van der Waals surface area (Å²) in [6.45, 7) is 10.3. The third kappa shape index (κ3) is 4.68. The molecule has 0 bridgehead atoms. The topological polar surface area (TPSA) is 27.8 Å². The fourth-order valence-corrected chi connectivity index (χ4v) is 3.41. The fourth-order valence-electron chi connectivity index (χ4n) is 3.41. The maximum Gasteiger partial charge on any atom is 0.120 e. The van der Waals surface area contributed by atoms with E-state index in [0.717, 1.165) is 40.5 Å². The van der Waals surface area contributed by atoms with Gasteiger partial charge in [0, 0.05) is 28.9 Å². The minimum atomic E-state index is -0.274. The molecule has 0 aliphatic heterocycles. The van der Waals surface area contributed by atoms with Crippen LogP contribution in [0, 0.1) is 0 Å². The summed E-state index contributed by atoms with van der Waals surface area (Å²) in [5.41, 5.74) is 3.98.